The lowest BCUT2D eigenvalue weighted by Crippen LogP contribution is -2.51. The Balaban J connectivity index is 1.51. The zero-order chi connectivity index (χ0) is 15.4. The minimum absolute atomic E-state index is 0.0891. The molecule has 2 heterocycles. The van der Waals surface area contributed by atoms with E-state index in [-0.39, 0.29) is 11.7 Å². The van der Waals surface area contributed by atoms with Gasteiger partial charge in [0.1, 0.15) is 5.82 Å². The zero-order valence-electron chi connectivity index (χ0n) is 12.8. The molecule has 2 fully saturated rings. The number of benzene rings is 1. The van der Waals surface area contributed by atoms with E-state index in [1.54, 1.807) is 17.0 Å². The molecule has 0 bridgehead atoms. The van der Waals surface area contributed by atoms with Crippen molar-refractivity contribution in [2.24, 2.45) is 5.92 Å². The van der Waals surface area contributed by atoms with Gasteiger partial charge in [-0.3, -0.25) is 9.69 Å². The molecular weight excluding hydrogens is 283 g/mol. The van der Waals surface area contributed by atoms with Gasteiger partial charge in [-0.2, -0.15) is 0 Å². The molecule has 1 aromatic rings. The van der Waals surface area contributed by atoms with E-state index >= 15 is 0 Å². The predicted octanol–water partition coefficient (Wildman–Crippen LogP) is 1.90. The van der Waals surface area contributed by atoms with Crippen LogP contribution in [0.2, 0.25) is 0 Å². The number of nitrogens with zero attached hydrogens (tertiary/aromatic N) is 2. The third-order valence-corrected chi connectivity index (χ3v) is 4.49. The number of halogens is 1. The number of carbonyl (C=O) groups excluding carboxylic acids is 1. The van der Waals surface area contributed by atoms with E-state index in [4.69, 9.17) is 4.74 Å². The van der Waals surface area contributed by atoms with Crippen molar-refractivity contribution in [1.82, 2.24) is 9.80 Å². The van der Waals surface area contributed by atoms with Gasteiger partial charge in [-0.25, -0.2) is 4.39 Å². The summed E-state index contributed by atoms with van der Waals surface area (Å²) in [6.45, 7) is 4.93. The third kappa shape index (κ3) is 3.84. The summed E-state index contributed by atoms with van der Waals surface area (Å²) in [6, 6.07) is 6.67. The van der Waals surface area contributed by atoms with Crippen molar-refractivity contribution in [2.75, 3.05) is 39.4 Å². The van der Waals surface area contributed by atoms with Crippen molar-refractivity contribution < 1.29 is 13.9 Å². The first-order valence-electron chi connectivity index (χ1n) is 8.03. The van der Waals surface area contributed by atoms with Gasteiger partial charge in [0.05, 0.1) is 13.2 Å². The van der Waals surface area contributed by atoms with Crippen molar-refractivity contribution in [1.29, 1.82) is 0 Å². The summed E-state index contributed by atoms with van der Waals surface area (Å²) < 4.78 is 19.2. The highest BCUT2D eigenvalue weighted by molar-refractivity contribution is 5.79. The van der Waals surface area contributed by atoms with Gasteiger partial charge in [-0.05, 0) is 24.8 Å². The van der Waals surface area contributed by atoms with Crippen LogP contribution in [0, 0.1) is 11.7 Å². The van der Waals surface area contributed by atoms with Crippen LogP contribution in [0.1, 0.15) is 18.4 Å². The van der Waals surface area contributed by atoms with Gasteiger partial charge in [0.2, 0.25) is 5.91 Å². The van der Waals surface area contributed by atoms with Crippen LogP contribution in [-0.2, 0) is 16.1 Å². The second kappa shape index (κ2) is 7.20. The normalized spacial score (nSPS) is 23.8. The van der Waals surface area contributed by atoms with E-state index in [2.05, 4.69) is 4.90 Å². The summed E-state index contributed by atoms with van der Waals surface area (Å²) >= 11 is 0. The Labute approximate surface area is 130 Å². The lowest BCUT2D eigenvalue weighted by Gasteiger charge is -2.36. The van der Waals surface area contributed by atoms with Crippen molar-refractivity contribution in [2.45, 2.75) is 19.4 Å². The number of piperazine rings is 1. The van der Waals surface area contributed by atoms with Crippen LogP contribution in [0.5, 0.6) is 0 Å². The number of carbonyl (C=O) groups is 1. The van der Waals surface area contributed by atoms with Crippen LogP contribution in [0.25, 0.3) is 0 Å². The second-order valence-electron chi connectivity index (χ2n) is 6.22. The molecule has 2 aliphatic heterocycles. The summed E-state index contributed by atoms with van der Waals surface area (Å²) in [5.74, 6) is 0.392. The molecule has 0 unspecified atom stereocenters. The average Bonchev–Trinajstić information content (AvgIpc) is 2.53. The molecule has 1 amide bonds. The van der Waals surface area contributed by atoms with Crippen molar-refractivity contribution in [3.8, 4) is 0 Å². The quantitative estimate of drug-likeness (QED) is 0.852. The Kier molecular flexibility index (Phi) is 5.05. The highest BCUT2D eigenvalue weighted by Crippen LogP contribution is 2.17. The van der Waals surface area contributed by atoms with E-state index in [0.29, 0.717) is 31.1 Å². The summed E-state index contributed by atoms with van der Waals surface area (Å²) in [5, 5.41) is 0. The number of hydrogen-bond acceptors (Lipinski definition) is 3. The third-order valence-electron chi connectivity index (χ3n) is 4.49. The minimum Gasteiger partial charge on any atom is -0.381 e. The van der Waals surface area contributed by atoms with Gasteiger partial charge in [0.25, 0.3) is 0 Å². The Bertz CT molecular complexity index is 517. The Hall–Kier alpha value is -1.46. The highest BCUT2D eigenvalue weighted by Gasteiger charge is 2.26. The molecule has 0 aromatic heterocycles. The lowest BCUT2D eigenvalue weighted by molar-refractivity contribution is -0.137. The molecule has 0 radical (unpaired) electrons. The second-order valence-corrected chi connectivity index (χ2v) is 6.22. The van der Waals surface area contributed by atoms with Crippen LogP contribution in [0.15, 0.2) is 24.3 Å². The van der Waals surface area contributed by atoms with Gasteiger partial charge in [-0.1, -0.05) is 18.2 Å². The molecule has 0 spiro atoms. The first-order chi connectivity index (χ1) is 10.7. The predicted molar refractivity (Wildman–Crippen MR) is 81.8 cm³/mol. The first-order valence-corrected chi connectivity index (χ1v) is 8.03. The van der Waals surface area contributed by atoms with Gasteiger partial charge in [-0.15, -0.1) is 0 Å². The van der Waals surface area contributed by atoms with Crippen molar-refractivity contribution >= 4 is 5.91 Å². The molecular formula is C17H23FN2O2. The Morgan fingerprint density at radius 3 is 2.86 bits per heavy atom. The molecule has 1 aromatic carbocycles. The molecule has 1 atom stereocenters. The monoisotopic (exact) mass is 306 g/mol. The van der Waals surface area contributed by atoms with Crippen LogP contribution >= 0.6 is 0 Å². The maximum atomic E-state index is 13.7. The molecule has 2 saturated heterocycles. The van der Waals surface area contributed by atoms with Gasteiger partial charge < -0.3 is 9.64 Å². The fourth-order valence-electron chi connectivity index (χ4n) is 3.23. The summed E-state index contributed by atoms with van der Waals surface area (Å²) in [7, 11) is 0. The van der Waals surface area contributed by atoms with E-state index in [0.717, 1.165) is 32.7 Å². The van der Waals surface area contributed by atoms with Crippen LogP contribution in [0.4, 0.5) is 4.39 Å². The number of amides is 1. The summed E-state index contributed by atoms with van der Waals surface area (Å²) in [4.78, 5) is 16.3. The van der Waals surface area contributed by atoms with Crippen LogP contribution in [0.3, 0.4) is 0 Å². The van der Waals surface area contributed by atoms with Crippen molar-refractivity contribution in [3.05, 3.63) is 35.6 Å². The maximum absolute atomic E-state index is 13.7. The lowest BCUT2D eigenvalue weighted by atomic mass is 10.0. The van der Waals surface area contributed by atoms with Gasteiger partial charge >= 0.3 is 0 Å². The van der Waals surface area contributed by atoms with Crippen LogP contribution < -0.4 is 0 Å². The molecule has 5 heteroatoms. The number of rotatable bonds is 4. The molecule has 0 aliphatic carbocycles. The fourth-order valence-corrected chi connectivity index (χ4v) is 3.23. The SMILES string of the molecule is O=C1CN(C[C@H]2CCCOC2)CCN1Cc1ccccc1F. The standard InChI is InChI=1S/C17H23FN2O2/c18-16-6-2-1-5-15(16)11-20-8-7-19(12-17(20)21)10-14-4-3-9-22-13-14/h1-2,5-6,14H,3-4,7-13H2/t14-/m1/s1. The van der Waals surface area contributed by atoms with Gasteiger partial charge in [0.15, 0.2) is 0 Å². The fraction of sp³-hybridized carbons (Fsp3) is 0.588. The molecule has 22 heavy (non-hydrogen) atoms. The number of ether oxygens (including phenoxy) is 1. The average molecular weight is 306 g/mol. The maximum Gasteiger partial charge on any atom is 0.237 e. The summed E-state index contributed by atoms with van der Waals surface area (Å²) in [6.07, 6.45) is 2.30. The topological polar surface area (TPSA) is 32.8 Å². The number of hydrogen-bond donors (Lipinski definition) is 0. The van der Waals surface area contributed by atoms with E-state index in [1.165, 1.54) is 12.5 Å². The highest BCUT2D eigenvalue weighted by atomic mass is 19.1. The molecule has 0 N–H and O–H groups in total. The minimum atomic E-state index is -0.239. The molecule has 3 rings (SSSR count). The van der Waals surface area contributed by atoms with Crippen LogP contribution in [-0.4, -0.2) is 55.1 Å². The molecule has 120 valence electrons. The Morgan fingerprint density at radius 2 is 2.14 bits per heavy atom. The zero-order valence-corrected chi connectivity index (χ0v) is 12.8. The van der Waals surface area contributed by atoms with E-state index < -0.39 is 0 Å². The molecule has 0 saturated carbocycles. The van der Waals surface area contributed by atoms with Crippen molar-refractivity contribution in [3.63, 3.8) is 0 Å². The summed E-state index contributed by atoms with van der Waals surface area (Å²) in [5.41, 5.74) is 0.588. The first kappa shape index (κ1) is 15.4. The molecule has 2 aliphatic rings. The van der Waals surface area contributed by atoms with Gasteiger partial charge in [0, 0.05) is 38.3 Å². The Morgan fingerprint density at radius 1 is 1.27 bits per heavy atom. The smallest absolute Gasteiger partial charge is 0.237 e. The molecule has 4 nitrogen and oxygen atoms in total. The van der Waals surface area contributed by atoms with E-state index in [9.17, 15) is 9.18 Å². The van der Waals surface area contributed by atoms with E-state index in [1.807, 2.05) is 6.07 Å². The largest absolute Gasteiger partial charge is 0.381 e.